The number of nitrogens with zero attached hydrogens (tertiary/aromatic N) is 1. The molecule has 0 saturated heterocycles. The molecule has 0 saturated carbocycles. The van der Waals surface area contributed by atoms with E-state index in [1.807, 2.05) is 0 Å². The fourth-order valence-electron chi connectivity index (χ4n) is 1.79. The van der Waals surface area contributed by atoms with Gasteiger partial charge in [-0.2, -0.15) is 0 Å². The SMILES string of the molecule is CCCCCCCC1(C)CN=C(N)O1. The molecule has 0 aromatic heterocycles. The summed E-state index contributed by atoms with van der Waals surface area (Å²) in [7, 11) is 0. The Balaban J connectivity index is 2.07. The predicted octanol–water partition coefficient (Wildman–Crippen LogP) is 2.45. The van der Waals surface area contributed by atoms with Gasteiger partial charge in [-0.1, -0.05) is 32.6 Å². The fourth-order valence-corrected chi connectivity index (χ4v) is 1.79. The lowest BCUT2D eigenvalue weighted by Crippen LogP contribution is -2.30. The van der Waals surface area contributed by atoms with Crippen molar-refractivity contribution in [2.75, 3.05) is 6.54 Å². The highest BCUT2D eigenvalue weighted by molar-refractivity contribution is 5.73. The third kappa shape index (κ3) is 3.56. The topological polar surface area (TPSA) is 47.6 Å². The smallest absolute Gasteiger partial charge is 0.282 e. The van der Waals surface area contributed by atoms with E-state index in [0.717, 1.165) is 13.0 Å². The van der Waals surface area contributed by atoms with E-state index in [1.165, 1.54) is 32.1 Å². The zero-order valence-corrected chi connectivity index (χ0v) is 9.38. The van der Waals surface area contributed by atoms with Gasteiger partial charge in [0.25, 0.3) is 6.02 Å². The quantitative estimate of drug-likeness (QED) is 0.666. The van der Waals surface area contributed by atoms with Crippen LogP contribution in [0, 0.1) is 0 Å². The van der Waals surface area contributed by atoms with E-state index in [0.29, 0.717) is 6.02 Å². The summed E-state index contributed by atoms with van der Waals surface area (Å²) in [5.74, 6) is 0. The van der Waals surface area contributed by atoms with Gasteiger partial charge in [-0.05, 0) is 19.8 Å². The molecule has 0 bridgehead atoms. The molecule has 3 nitrogen and oxygen atoms in total. The molecule has 0 amide bonds. The van der Waals surface area contributed by atoms with Gasteiger partial charge in [0.2, 0.25) is 0 Å². The maximum absolute atomic E-state index is 5.49. The van der Waals surface area contributed by atoms with Crippen LogP contribution in [0.25, 0.3) is 0 Å². The number of aliphatic imine (C=N–C) groups is 1. The molecule has 0 aromatic carbocycles. The minimum atomic E-state index is -0.115. The normalized spacial score (nSPS) is 26.0. The molecular formula is C11H22N2O. The molecule has 0 radical (unpaired) electrons. The molecule has 0 aliphatic carbocycles. The molecule has 1 heterocycles. The molecule has 1 atom stereocenters. The van der Waals surface area contributed by atoms with Gasteiger partial charge in [0, 0.05) is 0 Å². The van der Waals surface area contributed by atoms with Crippen molar-refractivity contribution in [3.05, 3.63) is 0 Å². The van der Waals surface area contributed by atoms with Gasteiger partial charge in [0.05, 0.1) is 6.54 Å². The molecule has 0 spiro atoms. The lowest BCUT2D eigenvalue weighted by Gasteiger charge is -2.22. The standard InChI is InChI=1S/C11H22N2O/c1-3-4-5-6-7-8-11(2)9-13-10(12)14-11/h3-9H2,1-2H3,(H2,12,13). The third-order valence-electron chi connectivity index (χ3n) is 2.73. The summed E-state index contributed by atoms with van der Waals surface area (Å²) in [6, 6.07) is 0.362. The Morgan fingerprint density at radius 2 is 2.07 bits per heavy atom. The average Bonchev–Trinajstić information content (AvgIpc) is 2.47. The van der Waals surface area contributed by atoms with Gasteiger partial charge in [-0.15, -0.1) is 0 Å². The van der Waals surface area contributed by atoms with Crippen LogP contribution in [0.1, 0.15) is 52.4 Å². The van der Waals surface area contributed by atoms with E-state index in [1.54, 1.807) is 0 Å². The Morgan fingerprint density at radius 1 is 1.36 bits per heavy atom. The summed E-state index contributed by atoms with van der Waals surface area (Å²) in [5.41, 5.74) is 5.38. The number of amidine groups is 1. The summed E-state index contributed by atoms with van der Waals surface area (Å²) in [6.45, 7) is 5.05. The van der Waals surface area contributed by atoms with Crippen molar-refractivity contribution >= 4 is 6.02 Å². The van der Waals surface area contributed by atoms with Crippen LogP contribution in [-0.2, 0) is 4.74 Å². The maximum Gasteiger partial charge on any atom is 0.282 e. The molecule has 1 aliphatic heterocycles. The molecule has 82 valence electrons. The number of hydrogen-bond donors (Lipinski definition) is 1. The molecule has 2 N–H and O–H groups in total. The van der Waals surface area contributed by atoms with E-state index in [-0.39, 0.29) is 5.60 Å². The fraction of sp³-hybridized carbons (Fsp3) is 0.909. The number of hydrogen-bond acceptors (Lipinski definition) is 3. The van der Waals surface area contributed by atoms with Crippen LogP contribution in [0.3, 0.4) is 0 Å². The number of ether oxygens (including phenoxy) is 1. The molecule has 3 heteroatoms. The molecule has 1 aliphatic rings. The second-order valence-electron chi connectivity index (χ2n) is 4.37. The Morgan fingerprint density at radius 3 is 2.64 bits per heavy atom. The minimum Gasteiger partial charge on any atom is -0.457 e. The summed E-state index contributed by atoms with van der Waals surface area (Å²) in [6.07, 6.45) is 7.57. The first kappa shape index (κ1) is 11.3. The number of unbranched alkanes of at least 4 members (excludes halogenated alkanes) is 4. The Labute approximate surface area is 86.7 Å². The van der Waals surface area contributed by atoms with Crippen molar-refractivity contribution < 1.29 is 4.74 Å². The van der Waals surface area contributed by atoms with Crippen molar-refractivity contribution in [1.29, 1.82) is 0 Å². The second-order valence-corrected chi connectivity index (χ2v) is 4.37. The predicted molar refractivity (Wildman–Crippen MR) is 59.4 cm³/mol. The maximum atomic E-state index is 5.49. The van der Waals surface area contributed by atoms with Crippen LogP contribution in [-0.4, -0.2) is 18.2 Å². The Bertz CT molecular complexity index is 203. The van der Waals surface area contributed by atoms with Crippen LogP contribution < -0.4 is 5.73 Å². The van der Waals surface area contributed by atoms with Gasteiger partial charge in [0.1, 0.15) is 5.60 Å². The van der Waals surface area contributed by atoms with E-state index in [4.69, 9.17) is 10.5 Å². The van der Waals surface area contributed by atoms with Crippen molar-refractivity contribution in [3.8, 4) is 0 Å². The van der Waals surface area contributed by atoms with Crippen LogP contribution >= 0.6 is 0 Å². The van der Waals surface area contributed by atoms with Gasteiger partial charge in [-0.3, -0.25) is 0 Å². The Kier molecular flexibility index (Phi) is 4.23. The number of nitrogens with two attached hydrogens (primary N) is 1. The molecule has 0 aromatic rings. The summed E-state index contributed by atoms with van der Waals surface area (Å²) in [4.78, 5) is 4.08. The monoisotopic (exact) mass is 198 g/mol. The van der Waals surface area contributed by atoms with E-state index < -0.39 is 0 Å². The first-order valence-electron chi connectivity index (χ1n) is 5.65. The summed E-state index contributed by atoms with van der Waals surface area (Å²) < 4.78 is 5.48. The van der Waals surface area contributed by atoms with Crippen molar-refractivity contribution in [3.63, 3.8) is 0 Å². The zero-order chi connectivity index (χ0) is 10.4. The number of rotatable bonds is 6. The largest absolute Gasteiger partial charge is 0.457 e. The van der Waals surface area contributed by atoms with Gasteiger partial charge in [-0.25, -0.2) is 4.99 Å². The summed E-state index contributed by atoms with van der Waals surface area (Å²) >= 11 is 0. The molecule has 0 fully saturated rings. The van der Waals surface area contributed by atoms with E-state index in [9.17, 15) is 0 Å². The van der Waals surface area contributed by atoms with Gasteiger partial charge in [0.15, 0.2) is 0 Å². The molecule has 1 unspecified atom stereocenters. The van der Waals surface area contributed by atoms with Crippen molar-refractivity contribution in [2.45, 2.75) is 58.0 Å². The molecule has 1 rings (SSSR count). The molecule has 14 heavy (non-hydrogen) atoms. The first-order chi connectivity index (χ1) is 6.66. The van der Waals surface area contributed by atoms with Crippen molar-refractivity contribution in [2.24, 2.45) is 10.7 Å². The third-order valence-corrected chi connectivity index (χ3v) is 2.73. The first-order valence-corrected chi connectivity index (χ1v) is 5.65. The second kappa shape index (κ2) is 5.23. The Hall–Kier alpha value is -0.730. The van der Waals surface area contributed by atoms with Gasteiger partial charge >= 0.3 is 0 Å². The van der Waals surface area contributed by atoms with Crippen LogP contribution in [0.4, 0.5) is 0 Å². The van der Waals surface area contributed by atoms with Crippen LogP contribution in [0.2, 0.25) is 0 Å². The van der Waals surface area contributed by atoms with E-state index >= 15 is 0 Å². The highest BCUT2D eigenvalue weighted by Crippen LogP contribution is 2.23. The molecular weight excluding hydrogens is 176 g/mol. The van der Waals surface area contributed by atoms with Crippen molar-refractivity contribution in [1.82, 2.24) is 0 Å². The lowest BCUT2D eigenvalue weighted by molar-refractivity contribution is 0.0931. The summed E-state index contributed by atoms with van der Waals surface area (Å²) in [5, 5.41) is 0. The average molecular weight is 198 g/mol. The highest BCUT2D eigenvalue weighted by Gasteiger charge is 2.30. The minimum absolute atomic E-state index is 0.115. The zero-order valence-electron chi connectivity index (χ0n) is 9.38. The highest BCUT2D eigenvalue weighted by atomic mass is 16.5. The van der Waals surface area contributed by atoms with Crippen LogP contribution in [0.5, 0.6) is 0 Å². The van der Waals surface area contributed by atoms with E-state index in [2.05, 4.69) is 18.8 Å². The van der Waals surface area contributed by atoms with Crippen LogP contribution in [0.15, 0.2) is 4.99 Å². The lowest BCUT2D eigenvalue weighted by atomic mass is 9.98. The van der Waals surface area contributed by atoms with Gasteiger partial charge < -0.3 is 10.5 Å².